The quantitative estimate of drug-likeness (QED) is 0.730. The zero-order valence-corrected chi connectivity index (χ0v) is 13.6. The lowest BCUT2D eigenvalue weighted by Gasteiger charge is -2.27. The summed E-state index contributed by atoms with van der Waals surface area (Å²) in [5.41, 5.74) is 0.432. The smallest absolute Gasteiger partial charge is 0.276 e. The molecule has 1 aromatic carbocycles. The zero-order chi connectivity index (χ0) is 17.4. The van der Waals surface area contributed by atoms with Crippen molar-refractivity contribution in [3.05, 3.63) is 53.5 Å². The van der Waals surface area contributed by atoms with Crippen LogP contribution in [0.4, 0.5) is 4.39 Å². The fraction of sp³-hybridized carbons (Fsp3) is 0.294. The van der Waals surface area contributed by atoms with Gasteiger partial charge in [0.2, 0.25) is 0 Å². The van der Waals surface area contributed by atoms with Crippen molar-refractivity contribution in [1.29, 1.82) is 0 Å². The molecule has 1 amide bonds. The second-order valence-corrected chi connectivity index (χ2v) is 5.82. The molecule has 0 fully saturated rings. The van der Waals surface area contributed by atoms with Gasteiger partial charge in [-0.25, -0.2) is 4.39 Å². The van der Waals surface area contributed by atoms with Crippen molar-refractivity contribution >= 4 is 5.91 Å². The van der Waals surface area contributed by atoms with E-state index in [1.807, 2.05) is 11.5 Å². The van der Waals surface area contributed by atoms with Gasteiger partial charge in [-0.15, -0.1) is 10.2 Å². The van der Waals surface area contributed by atoms with E-state index in [2.05, 4.69) is 15.4 Å². The first-order valence-electron chi connectivity index (χ1n) is 8.09. The van der Waals surface area contributed by atoms with E-state index < -0.39 is 5.82 Å². The second kappa shape index (κ2) is 6.12. The van der Waals surface area contributed by atoms with Crippen molar-refractivity contribution in [2.45, 2.75) is 26.4 Å². The predicted octanol–water partition coefficient (Wildman–Crippen LogP) is 2.29. The summed E-state index contributed by atoms with van der Waals surface area (Å²) >= 11 is 0. The third kappa shape index (κ3) is 2.69. The molecule has 0 atom stereocenters. The van der Waals surface area contributed by atoms with Crippen LogP contribution in [0.5, 0.6) is 0 Å². The molecule has 25 heavy (non-hydrogen) atoms. The number of carbonyl (C=O) groups is 1. The van der Waals surface area contributed by atoms with Gasteiger partial charge in [-0.05, 0) is 12.1 Å². The minimum atomic E-state index is -0.421. The van der Waals surface area contributed by atoms with Gasteiger partial charge in [-0.3, -0.25) is 4.79 Å². The molecule has 3 aromatic rings. The summed E-state index contributed by atoms with van der Waals surface area (Å²) in [7, 11) is 0. The van der Waals surface area contributed by atoms with Gasteiger partial charge in [0.05, 0.1) is 12.1 Å². The Bertz CT molecular complexity index is 933. The van der Waals surface area contributed by atoms with Crippen LogP contribution >= 0.6 is 0 Å². The molecule has 0 aliphatic carbocycles. The number of hydrogen-bond donors (Lipinski definition) is 0. The maximum Gasteiger partial charge on any atom is 0.276 e. The molecular weight excluding hydrogens is 325 g/mol. The Balaban J connectivity index is 1.55. The van der Waals surface area contributed by atoms with Crippen LogP contribution in [0.1, 0.15) is 29.1 Å². The Morgan fingerprint density at radius 2 is 2.12 bits per heavy atom. The standard InChI is InChI=1S/C17H16FN5O2/c1-2-15-19-20-16-10-22(7-8-23(15)16)17(24)13-9-14(25-21-13)11-5-3-4-6-12(11)18/h3-6,9H,2,7-8,10H2,1H3. The Morgan fingerprint density at radius 1 is 1.28 bits per heavy atom. The molecule has 1 aliphatic heterocycles. The minimum Gasteiger partial charge on any atom is -0.355 e. The Labute approximate surface area is 143 Å². The van der Waals surface area contributed by atoms with Crippen molar-refractivity contribution in [3.63, 3.8) is 0 Å². The van der Waals surface area contributed by atoms with Gasteiger partial charge in [0.1, 0.15) is 11.6 Å². The van der Waals surface area contributed by atoms with E-state index >= 15 is 0 Å². The molecule has 0 saturated heterocycles. The lowest BCUT2D eigenvalue weighted by Crippen LogP contribution is -2.38. The van der Waals surface area contributed by atoms with Crippen LogP contribution in [0.15, 0.2) is 34.9 Å². The molecule has 0 saturated carbocycles. The number of aromatic nitrogens is 4. The molecular formula is C17H16FN5O2. The van der Waals surface area contributed by atoms with Crippen LogP contribution in [0, 0.1) is 5.82 Å². The van der Waals surface area contributed by atoms with Gasteiger partial charge in [0.15, 0.2) is 17.3 Å². The fourth-order valence-corrected chi connectivity index (χ4v) is 2.98. The first-order valence-corrected chi connectivity index (χ1v) is 8.09. The zero-order valence-electron chi connectivity index (χ0n) is 13.6. The Morgan fingerprint density at radius 3 is 2.92 bits per heavy atom. The molecule has 128 valence electrons. The summed E-state index contributed by atoms with van der Waals surface area (Å²) in [5.74, 6) is 1.23. The molecule has 0 spiro atoms. The number of carbonyl (C=O) groups excluding carboxylic acids is 1. The molecule has 0 radical (unpaired) electrons. The van der Waals surface area contributed by atoms with E-state index in [-0.39, 0.29) is 22.9 Å². The molecule has 0 N–H and O–H groups in total. The number of rotatable bonds is 3. The molecule has 7 nitrogen and oxygen atoms in total. The van der Waals surface area contributed by atoms with Gasteiger partial charge < -0.3 is 14.0 Å². The third-order valence-electron chi connectivity index (χ3n) is 4.30. The molecule has 0 bridgehead atoms. The van der Waals surface area contributed by atoms with E-state index in [0.29, 0.717) is 19.6 Å². The number of aryl methyl sites for hydroxylation is 1. The number of benzene rings is 1. The summed E-state index contributed by atoms with van der Waals surface area (Å²) in [5, 5.41) is 12.1. The maximum absolute atomic E-state index is 13.8. The molecule has 4 rings (SSSR count). The molecule has 2 aromatic heterocycles. The number of halogens is 1. The van der Waals surface area contributed by atoms with E-state index in [4.69, 9.17) is 4.52 Å². The van der Waals surface area contributed by atoms with E-state index in [1.165, 1.54) is 12.1 Å². The highest BCUT2D eigenvalue weighted by atomic mass is 19.1. The van der Waals surface area contributed by atoms with Crippen LogP contribution in [0.3, 0.4) is 0 Å². The molecule has 8 heteroatoms. The lowest BCUT2D eigenvalue weighted by molar-refractivity contribution is 0.0696. The lowest BCUT2D eigenvalue weighted by atomic mass is 10.1. The van der Waals surface area contributed by atoms with E-state index in [1.54, 1.807) is 23.1 Å². The summed E-state index contributed by atoms with van der Waals surface area (Å²) in [4.78, 5) is 14.3. The van der Waals surface area contributed by atoms with Crippen molar-refractivity contribution in [3.8, 4) is 11.3 Å². The highest BCUT2D eigenvalue weighted by molar-refractivity contribution is 5.93. The summed E-state index contributed by atoms with van der Waals surface area (Å²) < 4.78 is 21.0. The molecule has 3 heterocycles. The van der Waals surface area contributed by atoms with Crippen LogP contribution < -0.4 is 0 Å². The molecule has 0 unspecified atom stereocenters. The van der Waals surface area contributed by atoms with Gasteiger partial charge in [-0.1, -0.05) is 24.2 Å². The van der Waals surface area contributed by atoms with Gasteiger partial charge in [-0.2, -0.15) is 0 Å². The van der Waals surface area contributed by atoms with Crippen LogP contribution in [0.25, 0.3) is 11.3 Å². The highest BCUT2D eigenvalue weighted by Crippen LogP contribution is 2.24. The average molecular weight is 341 g/mol. The van der Waals surface area contributed by atoms with E-state index in [0.717, 1.165) is 18.1 Å². The number of amides is 1. The molecule has 1 aliphatic rings. The van der Waals surface area contributed by atoms with Crippen LogP contribution in [-0.2, 0) is 19.5 Å². The summed E-state index contributed by atoms with van der Waals surface area (Å²) in [6, 6.07) is 7.68. The topological polar surface area (TPSA) is 77.0 Å². The van der Waals surface area contributed by atoms with Crippen LogP contribution in [-0.4, -0.2) is 37.3 Å². The summed E-state index contributed by atoms with van der Waals surface area (Å²) in [6.45, 7) is 3.58. The fourth-order valence-electron chi connectivity index (χ4n) is 2.98. The normalized spacial score (nSPS) is 13.8. The number of nitrogens with zero attached hydrogens (tertiary/aromatic N) is 5. The van der Waals surface area contributed by atoms with E-state index in [9.17, 15) is 9.18 Å². The summed E-state index contributed by atoms with van der Waals surface area (Å²) in [6.07, 6.45) is 0.802. The Hall–Kier alpha value is -3.03. The Kier molecular flexibility index (Phi) is 3.79. The predicted molar refractivity (Wildman–Crippen MR) is 86.0 cm³/mol. The number of fused-ring (bicyclic) bond motifs is 1. The van der Waals surface area contributed by atoms with Crippen molar-refractivity contribution < 1.29 is 13.7 Å². The maximum atomic E-state index is 13.8. The van der Waals surface area contributed by atoms with Gasteiger partial charge in [0, 0.05) is 25.6 Å². The largest absolute Gasteiger partial charge is 0.355 e. The highest BCUT2D eigenvalue weighted by Gasteiger charge is 2.27. The van der Waals surface area contributed by atoms with Crippen LogP contribution in [0.2, 0.25) is 0 Å². The minimum absolute atomic E-state index is 0.155. The third-order valence-corrected chi connectivity index (χ3v) is 4.30. The monoisotopic (exact) mass is 341 g/mol. The number of hydrogen-bond acceptors (Lipinski definition) is 5. The first kappa shape index (κ1) is 15.5. The average Bonchev–Trinajstić information content (AvgIpc) is 3.28. The van der Waals surface area contributed by atoms with Crippen molar-refractivity contribution in [1.82, 2.24) is 24.8 Å². The van der Waals surface area contributed by atoms with Gasteiger partial charge >= 0.3 is 0 Å². The first-order chi connectivity index (χ1) is 12.2. The van der Waals surface area contributed by atoms with Gasteiger partial charge in [0.25, 0.3) is 5.91 Å². The van der Waals surface area contributed by atoms with Crippen molar-refractivity contribution in [2.75, 3.05) is 6.54 Å². The SMILES string of the molecule is CCc1nnc2n1CCN(C(=O)c1cc(-c3ccccc3F)on1)C2. The second-order valence-electron chi connectivity index (χ2n) is 5.82. The van der Waals surface area contributed by atoms with Crippen molar-refractivity contribution in [2.24, 2.45) is 0 Å².